The summed E-state index contributed by atoms with van der Waals surface area (Å²) in [6.07, 6.45) is 0. The standard InChI is InChI=1S/C56H38N2OS/c1-56(2)47-17-9-8-14-42(47)43-30-29-41(33-48(43)56)58(40-27-24-38(25-28-40)37-22-20-36(21-23-37)35-12-4-3-5-13-35)50-34-53-54(45-16-7-6-15-44(45)50)46-32-39(26-31-52(46)60-53)55-57-49-18-10-11-19-51(49)59-55/h3-34H,1-2H3. The van der Waals surface area contributed by atoms with E-state index in [0.29, 0.717) is 5.89 Å². The molecule has 1 aliphatic rings. The molecule has 60 heavy (non-hydrogen) atoms. The molecule has 2 heterocycles. The van der Waals surface area contributed by atoms with Crippen LogP contribution in [0.3, 0.4) is 0 Å². The molecule has 0 unspecified atom stereocenters. The van der Waals surface area contributed by atoms with Gasteiger partial charge in [0.1, 0.15) is 5.52 Å². The fourth-order valence-corrected chi connectivity index (χ4v) is 10.6. The second-order valence-corrected chi connectivity index (χ2v) is 17.4. The third-order valence-corrected chi connectivity index (χ3v) is 13.6. The molecule has 0 fully saturated rings. The van der Waals surface area contributed by atoms with Crippen molar-refractivity contribution in [3.8, 4) is 44.8 Å². The van der Waals surface area contributed by atoms with E-state index in [4.69, 9.17) is 9.40 Å². The van der Waals surface area contributed by atoms with Crippen LogP contribution in [0.1, 0.15) is 25.0 Å². The van der Waals surface area contributed by atoms with Gasteiger partial charge in [0.15, 0.2) is 5.58 Å². The summed E-state index contributed by atoms with van der Waals surface area (Å²) in [5.41, 5.74) is 16.1. The minimum Gasteiger partial charge on any atom is -0.436 e. The lowest BCUT2D eigenvalue weighted by Gasteiger charge is -2.29. The SMILES string of the molecule is CC1(C)c2ccccc2-c2ccc(N(c3ccc(-c4ccc(-c5ccccc5)cc4)cc3)c3cc4sc5ccc(-c6nc7ccccc7o6)cc5c4c4ccccc34)cc21. The van der Waals surface area contributed by atoms with Crippen LogP contribution in [-0.2, 0) is 5.41 Å². The highest BCUT2D eigenvalue weighted by Gasteiger charge is 2.36. The number of fused-ring (bicyclic) bond motifs is 9. The summed E-state index contributed by atoms with van der Waals surface area (Å²) >= 11 is 1.84. The van der Waals surface area contributed by atoms with Crippen LogP contribution in [0, 0.1) is 0 Å². The molecule has 0 amide bonds. The molecule has 9 aromatic carbocycles. The maximum Gasteiger partial charge on any atom is 0.227 e. The minimum absolute atomic E-state index is 0.132. The molecule has 4 heteroatoms. The molecular formula is C56H38N2OS. The number of oxazole rings is 1. The van der Waals surface area contributed by atoms with Gasteiger partial charge in [0.25, 0.3) is 0 Å². The van der Waals surface area contributed by atoms with E-state index in [9.17, 15) is 0 Å². The van der Waals surface area contributed by atoms with Gasteiger partial charge in [-0.05, 0) is 111 Å². The van der Waals surface area contributed by atoms with Crippen molar-refractivity contribution in [2.45, 2.75) is 19.3 Å². The molecule has 0 radical (unpaired) electrons. The number of benzene rings is 9. The van der Waals surface area contributed by atoms with Gasteiger partial charge in [-0.3, -0.25) is 0 Å². The number of hydrogen-bond donors (Lipinski definition) is 0. The van der Waals surface area contributed by atoms with Gasteiger partial charge in [0, 0.05) is 47.9 Å². The van der Waals surface area contributed by atoms with E-state index in [1.807, 2.05) is 35.6 Å². The average molecular weight is 787 g/mol. The maximum atomic E-state index is 6.24. The summed E-state index contributed by atoms with van der Waals surface area (Å²) in [7, 11) is 0. The van der Waals surface area contributed by atoms with Crippen molar-refractivity contribution in [2.75, 3.05) is 4.90 Å². The summed E-state index contributed by atoms with van der Waals surface area (Å²) < 4.78 is 8.71. The highest BCUT2D eigenvalue weighted by atomic mass is 32.1. The number of hydrogen-bond acceptors (Lipinski definition) is 4. The largest absolute Gasteiger partial charge is 0.436 e. The Balaban J connectivity index is 1.03. The van der Waals surface area contributed by atoms with Crippen molar-refractivity contribution in [2.24, 2.45) is 0 Å². The van der Waals surface area contributed by atoms with Crippen molar-refractivity contribution in [3.63, 3.8) is 0 Å². The Morgan fingerprint density at radius 1 is 0.467 bits per heavy atom. The smallest absolute Gasteiger partial charge is 0.227 e. The zero-order valence-corrected chi connectivity index (χ0v) is 34.0. The predicted octanol–water partition coefficient (Wildman–Crippen LogP) is 16.1. The molecule has 11 aromatic rings. The third kappa shape index (κ3) is 5.45. The fraction of sp³-hybridized carbons (Fsp3) is 0.0536. The average Bonchev–Trinajstić information content (AvgIpc) is 3.97. The number of para-hydroxylation sites is 2. The highest BCUT2D eigenvalue weighted by Crippen LogP contribution is 2.52. The van der Waals surface area contributed by atoms with Crippen LogP contribution in [0.2, 0.25) is 0 Å². The van der Waals surface area contributed by atoms with Crippen molar-refractivity contribution in [1.82, 2.24) is 4.98 Å². The van der Waals surface area contributed by atoms with Crippen LogP contribution in [0.4, 0.5) is 17.1 Å². The Hall–Kier alpha value is -7.27. The van der Waals surface area contributed by atoms with Crippen LogP contribution in [0.15, 0.2) is 199 Å². The summed E-state index contributed by atoms with van der Waals surface area (Å²) in [5.74, 6) is 0.641. The molecule has 0 bridgehead atoms. The Morgan fingerprint density at radius 2 is 1.08 bits per heavy atom. The Bertz CT molecular complexity index is 3420. The van der Waals surface area contributed by atoms with E-state index < -0.39 is 0 Å². The van der Waals surface area contributed by atoms with E-state index >= 15 is 0 Å². The van der Waals surface area contributed by atoms with Crippen LogP contribution in [-0.4, -0.2) is 4.98 Å². The number of rotatable bonds is 6. The molecule has 0 saturated heterocycles. The first-order valence-corrected chi connectivity index (χ1v) is 21.3. The van der Waals surface area contributed by atoms with Crippen LogP contribution in [0.5, 0.6) is 0 Å². The van der Waals surface area contributed by atoms with Gasteiger partial charge < -0.3 is 9.32 Å². The normalized spacial score (nSPS) is 13.0. The van der Waals surface area contributed by atoms with Crippen molar-refractivity contribution >= 4 is 70.4 Å². The molecule has 0 atom stereocenters. The molecule has 0 aliphatic heterocycles. The first-order valence-electron chi connectivity index (χ1n) is 20.5. The number of thiophene rings is 1. The molecule has 3 nitrogen and oxygen atoms in total. The molecule has 0 saturated carbocycles. The first-order chi connectivity index (χ1) is 29.5. The minimum atomic E-state index is -0.132. The first kappa shape index (κ1) is 34.7. The number of anilines is 3. The number of nitrogens with zero attached hydrogens (tertiary/aromatic N) is 2. The summed E-state index contributed by atoms with van der Waals surface area (Å²) in [6, 6.07) is 70.4. The van der Waals surface area contributed by atoms with Gasteiger partial charge in [0.2, 0.25) is 5.89 Å². The lowest BCUT2D eigenvalue weighted by Crippen LogP contribution is -2.16. The van der Waals surface area contributed by atoms with E-state index in [1.165, 1.54) is 75.5 Å². The van der Waals surface area contributed by atoms with Crippen LogP contribution < -0.4 is 4.90 Å². The highest BCUT2D eigenvalue weighted by molar-refractivity contribution is 7.26. The van der Waals surface area contributed by atoms with Gasteiger partial charge in [0.05, 0.1) is 5.69 Å². The number of aromatic nitrogens is 1. The monoisotopic (exact) mass is 786 g/mol. The van der Waals surface area contributed by atoms with E-state index in [1.54, 1.807) is 0 Å². The molecule has 2 aromatic heterocycles. The Morgan fingerprint density at radius 3 is 1.87 bits per heavy atom. The van der Waals surface area contributed by atoms with Crippen molar-refractivity contribution in [1.29, 1.82) is 0 Å². The zero-order valence-electron chi connectivity index (χ0n) is 33.2. The zero-order chi connectivity index (χ0) is 40.0. The van der Waals surface area contributed by atoms with Crippen LogP contribution in [0.25, 0.3) is 86.9 Å². The van der Waals surface area contributed by atoms with E-state index in [2.05, 4.69) is 189 Å². The van der Waals surface area contributed by atoms with E-state index in [-0.39, 0.29) is 5.41 Å². The molecular weight excluding hydrogens is 749 g/mol. The second kappa shape index (κ2) is 13.4. The quantitative estimate of drug-likeness (QED) is 0.168. The lowest BCUT2D eigenvalue weighted by molar-refractivity contribution is 0.620. The maximum absolute atomic E-state index is 6.24. The van der Waals surface area contributed by atoms with Crippen LogP contribution >= 0.6 is 11.3 Å². The molecule has 0 N–H and O–H groups in total. The Kier molecular flexibility index (Phi) is 7.75. The second-order valence-electron chi connectivity index (χ2n) is 16.3. The van der Waals surface area contributed by atoms with Gasteiger partial charge in [-0.1, -0.05) is 147 Å². The lowest BCUT2D eigenvalue weighted by atomic mass is 9.82. The molecule has 284 valence electrons. The topological polar surface area (TPSA) is 29.3 Å². The third-order valence-electron chi connectivity index (χ3n) is 12.5. The fourth-order valence-electron chi connectivity index (χ4n) is 9.48. The van der Waals surface area contributed by atoms with Gasteiger partial charge in [-0.25, -0.2) is 4.98 Å². The van der Waals surface area contributed by atoms with Gasteiger partial charge in [-0.2, -0.15) is 0 Å². The summed E-state index contributed by atoms with van der Waals surface area (Å²) in [6.45, 7) is 4.72. The molecule has 1 aliphatic carbocycles. The van der Waals surface area contributed by atoms with Gasteiger partial charge >= 0.3 is 0 Å². The molecule has 12 rings (SSSR count). The predicted molar refractivity (Wildman–Crippen MR) is 253 cm³/mol. The summed E-state index contributed by atoms with van der Waals surface area (Å²) in [5, 5.41) is 4.89. The van der Waals surface area contributed by atoms with E-state index in [0.717, 1.165) is 33.7 Å². The summed E-state index contributed by atoms with van der Waals surface area (Å²) in [4.78, 5) is 7.31. The molecule has 0 spiro atoms. The van der Waals surface area contributed by atoms with Gasteiger partial charge in [-0.15, -0.1) is 11.3 Å². The van der Waals surface area contributed by atoms with Crippen molar-refractivity contribution in [3.05, 3.63) is 205 Å². The van der Waals surface area contributed by atoms with Crippen molar-refractivity contribution < 1.29 is 4.42 Å². The Labute approximate surface area is 352 Å².